The van der Waals surface area contributed by atoms with E-state index in [0.717, 1.165) is 18.3 Å². The summed E-state index contributed by atoms with van der Waals surface area (Å²) >= 11 is 0. The van der Waals surface area contributed by atoms with Crippen LogP contribution in [-0.2, 0) is 0 Å². The van der Waals surface area contributed by atoms with Crippen molar-refractivity contribution < 1.29 is 0 Å². The van der Waals surface area contributed by atoms with Gasteiger partial charge in [0.25, 0.3) is 0 Å². The van der Waals surface area contributed by atoms with Gasteiger partial charge in [0, 0.05) is 0 Å². The molecule has 4 atom stereocenters. The van der Waals surface area contributed by atoms with Gasteiger partial charge in [0.1, 0.15) is 0 Å². The third-order valence-electron chi connectivity index (χ3n) is 5.21. The molecule has 1 heteroatoms. The van der Waals surface area contributed by atoms with Gasteiger partial charge in [0.2, 0.25) is 0 Å². The highest BCUT2D eigenvalue weighted by molar-refractivity contribution is 5.17. The first-order valence-corrected chi connectivity index (χ1v) is 7.06. The first-order chi connectivity index (χ1) is 7.98. The number of hydrogen-bond acceptors (Lipinski definition) is 1. The van der Waals surface area contributed by atoms with Crippen LogP contribution in [0.5, 0.6) is 0 Å². The van der Waals surface area contributed by atoms with E-state index < -0.39 is 0 Å². The van der Waals surface area contributed by atoms with E-state index in [1.807, 2.05) is 0 Å². The predicted octanol–water partition coefficient (Wildman–Crippen LogP) is 4.55. The molecular weight excluding hydrogens is 206 g/mol. The highest BCUT2D eigenvalue weighted by Crippen LogP contribution is 2.53. The second-order valence-electron chi connectivity index (χ2n) is 6.71. The SMILES string of the molecule is CC1=C[C@@H]2[C@@H](C(C)C)CC[C@](C)(C#N)[C@H]2CC1. The zero-order chi connectivity index (χ0) is 12.6. The summed E-state index contributed by atoms with van der Waals surface area (Å²) in [6.07, 6.45) is 7.24. The molecule has 0 N–H and O–H groups in total. The third kappa shape index (κ3) is 2.15. The van der Waals surface area contributed by atoms with Crippen molar-refractivity contribution in [1.82, 2.24) is 0 Å². The topological polar surface area (TPSA) is 23.8 Å². The minimum Gasteiger partial charge on any atom is -0.198 e. The molecule has 0 heterocycles. The Balaban J connectivity index is 2.33. The monoisotopic (exact) mass is 231 g/mol. The highest BCUT2D eigenvalue weighted by atomic mass is 14.5. The van der Waals surface area contributed by atoms with Crippen molar-refractivity contribution in [1.29, 1.82) is 5.26 Å². The molecule has 17 heavy (non-hydrogen) atoms. The highest BCUT2D eigenvalue weighted by Gasteiger charge is 2.47. The minimum absolute atomic E-state index is 0.0761. The lowest BCUT2D eigenvalue weighted by atomic mass is 9.54. The molecule has 1 fully saturated rings. The molecule has 0 aromatic rings. The van der Waals surface area contributed by atoms with E-state index in [2.05, 4.69) is 39.8 Å². The van der Waals surface area contributed by atoms with Crippen molar-refractivity contribution in [3.63, 3.8) is 0 Å². The lowest BCUT2D eigenvalue weighted by Gasteiger charge is -2.49. The van der Waals surface area contributed by atoms with Crippen LogP contribution in [0, 0.1) is 40.4 Å². The maximum Gasteiger partial charge on any atom is 0.0689 e. The third-order valence-corrected chi connectivity index (χ3v) is 5.21. The summed E-state index contributed by atoms with van der Waals surface area (Å²) in [5, 5.41) is 9.51. The van der Waals surface area contributed by atoms with Crippen molar-refractivity contribution in [3.8, 4) is 6.07 Å². The largest absolute Gasteiger partial charge is 0.198 e. The molecule has 0 aromatic heterocycles. The number of hydrogen-bond donors (Lipinski definition) is 0. The average molecular weight is 231 g/mol. The molecule has 0 amide bonds. The zero-order valence-electron chi connectivity index (χ0n) is 11.7. The van der Waals surface area contributed by atoms with Crippen LogP contribution in [-0.4, -0.2) is 0 Å². The first-order valence-electron chi connectivity index (χ1n) is 7.06. The Hall–Kier alpha value is -0.770. The fourth-order valence-electron chi connectivity index (χ4n) is 4.03. The summed E-state index contributed by atoms with van der Waals surface area (Å²) in [5.41, 5.74) is 1.46. The molecule has 0 aromatic carbocycles. The van der Waals surface area contributed by atoms with Gasteiger partial charge in [-0.05, 0) is 63.2 Å². The van der Waals surface area contributed by atoms with Crippen LogP contribution in [0.4, 0.5) is 0 Å². The van der Waals surface area contributed by atoms with E-state index in [1.54, 1.807) is 5.57 Å². The van der Waals surface area contributed by atoms with E-state index in [4.69, 9.17) is 0 Å². The second-order valence-corrected chi connectivity index (χ2v) is 6.71. The van der Waals surface area contributed by atoms with Crippen molar-refractivity contribution in [3.05, 3.63) is 11.6 Å². The molecule has 0 spiro atoms. The van der Waals surface area contributed by atoms with Crippen molar-refractivity contribution in [2.75, 3.05) is 0 Å². The van der Waals surface area contributed by atoms with Crippen LogP contribution < -0.4 is 0 Å². The Labute approximate surface area is 106 Å². The van der Waals surface area contributed by atoms with Crippen LogP contribution >= 0.6 is 0 Å². The molecule has 2 aliphatic rings. The summed E-state index contributed by atoms with van der Waals surface area (Å²) in [5.74, 6) is 2.78. The summed E-state index contributed by atoms with van der Waals surface area (Å²) in [6.45, 7) is 9.13. The Morgan fingerprint density at radius 1 is 1.41 bits per heavy atom. The molecule has 0 bridgehead atoms. The lowest BCUT2D eigenvalue weighted by molar-refractivity contribution is 0.0474. The fraction of sp³-hybridized carbons (Fsp3) is 0.812. The van der Waals surface area contributed by atoms with Gasteiger partial charge in [-0.15, -0.1) is 0 Å². The Bertz CT molecular complexity index is 360. The molecular formula is C16H25N. The molecule has 2 rings (SSSR count). The summed E-state index contributed by atoms with van der Waals surface area (Å²) in [7, 11) is 0. The van der Waals surface area contributed by atoms with Gasteiger partial charge in [-0.25, -0.2) is 0 Å². The first kappa shape index (κ1) is 12.7. The molecule has 0 unspecified atom stereocenters. The van der Waals surface area contributed by atoms with E-state index in [9.17, 15) is 5.26 Å². The minimum atomic E-state index is -0.0761. The van der Waals surface area contributed by atoms with Crippen LogP contribution in [0.1, 0.15) is 53.4 Å². The summed E-state index contributed by atoms with van der Waals surface area (Å²) < 4.78 is 0. The van der Waals surface area contributed by atoms with Gasteiger partial charge in [0.15, 0.2) is 0 Å². The van der Waals surface area contributed by atoms with E-state index in [-0.39, 0.29) is 5.41 Å². The van der Waals surface area contributed by atoms with Gasteiger partial charge in [-0.1, -0.05) is 25.5 Å². The molecule has 0 saturated heterocycles. The van der Waals surface area contributed by atoms with Gasteiger partial charge < -0.3 is 0 Å². The van der Waals surface area contributed by atoms with Gasteiger partial charge in [0.05, 0.1) is 11.5 Å². The van der Waals surface area contributed by atoms with Gasteiger partial charge in [-0.3, -0.25) is 0 Å². The summed E-state index contributed by atoms with van der Waals surface area (Å²) in [6, 6.07) is 2.62. The number of allylic oxidation sites excluding steroid dienone is 2. The normalized spacial score (nSPS) is 41.6. The lowest BCUT2D eigenvalue weighted by Crippen LogP contribution is -2.43. The average Bonchev–Trinajstić information content (AvgIpc) is 2.28. The molecule has 0 aliphatic heterocycles. The zero-order valence-corrected chi connectivity index (χ0v) is 11.7. The predicted molar refractivity (Wildman–Crippen MR) is 71.3 cm³/mol. The molecule has 94 valence electrons. The number of fused-ring (bicyclic) bond motifs is 1. The van der Waals surface area contributed by atoms with Crippen LogP contribution in [0.2, 0.25) is 0 Å². The molecule has 1 saturated carbocycles. The number of rotatable bonds is 1. The standard InChI is InChI=1S/C16H25N/c1-11(2)13-7-8-16(4,10-17)15-6-5-12(3)9-14(13)15/h9,11,13-15H,5-8H2,1-4H3/t13-,14-,15+,16-/m1/s1. The quantitative estimate of drug-likeness (QED) is 0.607. The van der Waals surface area contributed by atoms with Crippen molar-refractivity contribution in [2.45, 2.75) is 53.4 Å². The fourth-order valence-corrected chi connectivity index (χ4v) is 4.03. The van der Waals surface area contributed by atoms with Crippen LogP contribution in [0.15, 0.2) is 11.6 Å². The van der Waals surface area contributed by atoms with Crippen LogP contribution in [0.3, 0.4) is 0 Å². The van der Waals surface area contributed by atoms with E-state index >= 15 is 0 Å². The van der Waals surface area contributed by atoms with E-state index in [0.29, 0.717) is 11.8 Å². The van der Waals surface area contributed by atoms with Crippen molar-refractivity contribution in [2.24, 2.45) is 29.1 Å². The Kier molecular flexibility index (Phi) is 3.34. The Morgan fingerprint density at radius 2 is 2.12 bits per heavy atom. The van der Waals surface area contributed by atoms with Crippen LogP contribution in [0.25, 0.3) is 0 Å². The second kappa shape index (κ2) is 4.48. The smallest absolute Gasteiger partial charge is 0.0689 e. The van der Waals surface area contributed by atoms with Gasteiger partial charge in [-0.2, -0.15) is 5.26 Å². The number of nitrogens with zero attached hydrogens (tertiary/aromatic N) is 1. The molecule has 2 aliphatic carbocycles. The summed E-state index contributed by atoms with van der Waals surface area (Å²) in [4.78, 5) is 0. The molecule has 0 radical (unpaired) electrons. The number of nitriles is 1. The molecule has 1 nitrogen and oxygen atoms in total. The van der Waals surface area contributed by atoms with E-state index in [1.165, 1.54) is 19.3 Å². The Morgan fingerprint density at radius 3 is 2.71 bits per heavy atom. The maximum atomic E-state index is 9.51. The maximum absolute atomic E-state index is 9.51. The van der Waals surface area contributed by atoms with Gasteiger partial charge >= 0.3 is 0 Å². The van der Waals surface area contributed by atoms with Crippen molar-refractivity contribution >= 4 is 0 Å².